The fraction of sp³-hybridized carbons (Fsp3) is 0.250. The molecule has 0 radical (unpaired) electrons. The number of nitrogens with one attached hydrogen (secondary N) is 1. The number of aromatic nitrogens is 1. The number of aryl methyl sites for hydroxylation is 2. The molecule has 0 aliphatic carbocycles. The molecule has 158 valence electrons. The molecule has 0 aliphatic rings. The van der Waals surface area contributed by atoms with Crippen LogP contribution in [0.3, 0.4) is 0 Å². The summed E-state index contributed by atoms with van der Waals surface area (Å²) in [4.78, 5) is 13.8. The number of hydrogen-bond acceptors (Lipinski definition) is 2. The summed E-state index contributed by atoms with van der Waals surface area (Å²) in [5, 5.41) is 4.57. The average molecular weight is 411 g/mol. The van der Waals surface area contributed by atoms with Crippen LogP contribution in [0.5, 0.6) is 0 Å². The Morgan fingerprint density at radius 2 is 1.65 bits per heavy atom. The lowest BCUT2D eigenvalue weighted by atomic mass is 9.96. The standard InChI is InChI=1S/C28H30N2O/c1-3-19-30-20-25(24-11-7-8-12-26(24)30)28(31)27(23-9-5-4-6-10-23)29-18-17-22-15-13-21(2)14-16-22/h4-16,20,27,29H,3,17-19H2,1-2H3/t27-/m1/s1. The van der Waals surface area contributed by atoms with Gasteiger partial charge < -0.3 is 9.88 Å². The van der Waals surface area contributed by atoms with Gasteiger partial charge in [-0.15, -0.1) is 0 Å². The Balaban J connectivity index is 1.62. The number of ketones is 1. The van der Waals surface area contributed by atoms with Crippen LogP contribution in [0.15, 0.2) is 85.1 Å². The van der Waals surface area contributed by atoms with Crippen LogP contribution in [0, 0.1) is 6.92 Å². The highest BCUT2D eigenvalue weighted by Gasteiger charge is 2.24. The van der Waals surface area contributed by atoms with E-state index in [0.29, 0.717) is 0 Å². The van der Waals surface area contributed by atoms with Gasteiger partial charge in [0.15, 0.2) is 5.78 Å². The van der Waals surface area contributed by atoms with Gasteiger partial charge in [-0.3, -0.25) is 4.79 Å². The SMILES string of the molecule is CCCn1cc(C(=O)[C@H](NCCc2ccc(C)cc2)c2ccccc2)c2ccccc21. The van der Waals surface area contributed by atoms with Crippen molar-refractivity contribution in [2.24, 2.45) is 0 Å². The van der Waals surface area contributed by atoms with Crippen LogP contribution in [0.1, 0.15) is 46.4 Å². The van der Waals surface area contributed by atoms with Crippen molar-refractivity contribution >= 4 is 16.7 Å². The van der Waals surface area contributed by atoms with Crippen LogP contribution in [0.4, 0.5) is 0 Å². The van der Waals surface area contributed by atoms with E-state index in [-0.39, 0.29) is 11.8 Å². The molecular weight excluding hydrogens is 380 g/mol. The van der Waals surface area contributed by atoms with Crippen molar-refractivity contribution < 1.29 is 4.79 Å². The average Bonchev–Trinajstić information content (AvgIpc) is 3.17. The quantitative estimate of drug-likeness (QED) is 0.338. The Bertz CT molecular complexity index is 1140. The van der Waals surface area contributed by atoms with E-state index in [0.717, 1.165) is 48.0 Å². The summed E-state index contributed by atoms with van der Waals surface area (Å²) in [6.45, 7) is 5.91. The molecular formula is C28H30N2O. The summed E-state index contributed by atoms with van der Waals surface area (Å²) in [5.41, 5.74) is 5.46. The van der Waals surface area contributed by atoms with Crippen molar-refractivity contribution in [2.75, 3.05) is 6.54 Å². The molecule has 3 nitrogen and oxygen atoms in total. The van der Waals surface area contributed by atoms with Crippen LogP contribution in [-0.2, 0) is 13.0 Å². The Labute approximate surface area is 184 Å². The number of carbonyl (C=O) groups is 1. The van der Waals surface area contributed by atoms with Gasteiger partial charge >= 0.3 is 0 Å². The molecule has 3 heteroatoms. The summed E-state index contributed by atoms with van der Waals surface area (Å²) in [5.74, 6) is 0.126. The van der Waals surface area contributed by atoms with Crippen molar-refractivity contribution in [3.05, 3.63) is 107 Å². The summed E-state index contributed by atoms with van der Waals surface area (Å²) in [6, 6.07) is 26.5. The molecule has 1 atom stereocenters. The maximum Gasteiger partial charge on any atom is 0.186 e. The first-order valence-corrected chi connectivity index (χ1v) is 11.1. The Morgan fingerprint density at radius 3 is 2.39 bits per heavy atom. The highest BCUT2D eigenvalue weighted by Crippen LogP contribution is 2.27. The van der Waals surface area contributed by atoms with E-state index >= 15 is 0 Å². The van der Waals surface area contributed by atoms with E-state index in [1.165, 1.54) is 11.1 Å². The molecule has 1 aromatic heterocycles. The van der Waals surface area contributed by atoms with Crippen LogP contribution in [0.25, 0.3) is 10.9 Å². The monoisotopic (exact) mass is 410 g/mol. The van der Waals surface area contributed by atoms with E-state index in [1.54, 1.807) is 0 Å². The largest absolute Gasteiger partial charge is 0.347 e. The smallest absolute Gasteiger partial charge is 0.186 e. The third kappa shape index (κ3) is 4.78. The first-order chi connectivity index (χ1) is 15.2. The third-order valence-electron chi connectivity index (χ3n) is 5.80. The van der Waals surface area contributed by atoms with Crippen molar-refractivity contribution in [3.8, 4) is 0 Å². The summed E-state index contributed by atoms with van der Waals surface area (Å²) < 4.78 is 2.21. The first-order valence-electron chi connectivity index (χ1n) is 11.1. The maximum atomic E-state index is 13.8. The third-order valence-corrected chi connectivity index (χ3v) is 5.80. The predicted octanol–water partition coefficient (Wildman–Crippen LogP) is 6.12. The van der Waals surface area contributed by atoms with Crippen LogP contribution in [0.2, 0.25) is 0 Å². The second kappa shape index (κ2) is 9.76. The number of hydrogen-bond donors (Lipinski definition) is 1. The normalized spacial score (nSPS) is 12.2. The topological polar surface area (TPSA) is 34.0 Å². The molecule has 0 unspecified atom stereocenters. The van der Waals surface area contributed by atoms with Gasteiger partial charge in [-0.25, -0.2) is 0 Å². The lowest BCUT2D eigenvalue weighted by molar-refractivity contribution is 0.0944. The van der Waals surface area contributed by atoms with Crippen molar-refractivity contribution in [3.63, 3.8) is 0 Å². The molecule has 1 N–H and O–H groups in total. The number of Topliss-reactive ketones (excluding diaryl/α,β-unsaturated/α-hetero) is 1. The van der Waals surface area contributed by atoms with Gasteiger partial charge in [-0.2, -0.15) is 0 Å². The number of rotatable bonds is 9. The molecule has 0 saturated heterocycles. The van der Waals surface area contributed by atoms with Crippen molar-refractivity contribution in [1.29, 1.82) is 0 Å². The van der Waals surface area contributed by atoms with Crippen molar-refractivity contribution in [1.82, 2.24) is 9.88 Å². The fourth-order valence-corrected chi connectivity index (χ4v) is 4.15. The van der Waals surface area contributed by atoms with Crippen LogP contribution < -0.4 is 5.32 Å². The minimum atomic E-state index is -0.368. The van der Waals surface area contributed by atoms with E-state index in [1.807, 2.05) is 48.7 Å². The number of benzene rings is 3. The van der Waals surface area contributed by atoms with E-state index in [2.05, 4.69) is 60.1 Å². The zero-order valence-corrected chi connectivity index (χ0v) is 18.3. The van der Waals surface area contributed by atoms with E-state index in [4.69, 9.17) is 0 Å². The van der Waals surface area contributed by atoms with Crippen molar-refractivity contribution in [2.45, 2.75) is 39.3 Å². The van der Waals surface area contributed by atoms with Gasteiger partial charge in [0.05, 0.1) is 6.04 Å². The van der Waals surface area contributed by atoms with Gasteiger partial charge in [0.25, 0.3) is 0 Å². The molecule has 0 fully saturated rings. The minimum Gasteiger partial charge on any atom is -0.347 e. The summed E-state index contributed by atoms with van der Waals surface area (Å²) >= 11 is 0. The van der Waals surface area contributed by atoms with Gasteiger partial charge in [-0.1, -0.05) is 85.3 Å². The summed E-state index contributed by atoms with van der Waals surface area (Å²) in [7, 11) is 0. The molecule has 0 bridgehead atoms. The molecule has 4 rings (SSSR count). The Hall–Kier alpha value is -3.17. The highest BCUT2D eigenvalue weighted by atomic mass is 16.1. The predicted molar refractivity (Wildman–Crippen MR) is 129 cm³/mol. The van der Waals surface area contributed by atoms with Gasteiger partial charge in [0.2, 0.25) is 0 Å². The molecule has 0 aliphatic heterocycles. The van der Waals surface area contributed by atoms with Crippen LogP contribution in [-0.4, -0.2) is 16.9 Å². The molecule has 0 spiro atoms. The zero-order valence-electron chi connectivity index (χ0n) is 18.3. The molecule has 3 aromatic carbocycles. The summed E-state index contributed by atoms with van der Waals surface area (Å²) in [6.07, 6.45) is 3.95. The van der Waals surface area contributed by atoms with Gasteiger partial charge in [-0.05, 0) is 37.0 Å². The zero-order chi connectivity index (χ0) is 21.6. The second-order valence-corrected chi connectivity index (χ2v) is 8.15. The molecule has 4 aromatic rings. The fourth-order valence-electron chi connectivity index (χ4n) is 4.15. The van der Waals surface area contributed by atoms with Crippen LogP contribution >= 0.6 is 0 Å². The second-order valence-electron chi connectivity index (χ2n) is 8.15. The Morgan fingerprint density at radius 1 is 0.935 bits per heavy atom. The lowest BCUT2D eigenvalue weighted by Gasteiger charge is -2.18. The molecule has 0 saturated carbocycles. The van der Waals surface area contributed by atoms with Gasteiger partial charge in [0, 0.05) is 35.8 Å². The molecule has 0 amide bonds. The molecule has 31 heavy (non-hydrogen) atoms. The first kappa shape index (κ1) is 21.1. The minimum absolute atomic E-state index is 0.126. The highest BCUT2D eigenvalue weighted by molar-refractivity contribution is 6.10. The number of para-hydroxylation sites is 1. The number of carbonyl (C=O) groups excluding carboxylic acids is 1. The number of fused-ring (bicyclic) bond motifs is 1. The van der Waals surface area contributed by atoms with Gasteiger partial charge in [0.1, 0.15) is 0 Å². The maximum absolute atomic E-state index is 13.8. The van der Waals surface area contributed by atoms with E-state index in [9.17, 15) is 4.79 Å². The molecule has 1 heterocycles. The Kier molecular flexibility index (Phi) is 6.63. The van der Waals surface area contributed by atoms with E-state index < -0.39 is 0 Å². The lowest BCUT2D eigenvalue weighted by Crippen LogP contribution is -2.30. The number of nitrogens with zero attached hydrogens (tertiary/aromatic N) is 1.